The van der Waals surface area contributed by atoms with E-state index in [1.54, 1.807) is 0 Å². The summed E-state index contributed by atoms with van der Waals surface area (Å²) < 4.78 is 0. The van der Waals surface area contributed by atoms with Crippen LogP contribution in [0.3, 0.4) is 0 Å². The molecule has 8 heavy (non-hydrogen) atoms. The maximum atomic E-state index is 8.25. The van der Waals surface area contributed by atoms with Crippen LogP contribution in [0.25, 0.3) is 0 Å². The largest absolute Gasteiger partial charge is 0.381 e. The molecule has 0 bridgehead atoms. The minimum atomic E-state index is 0.115. The lowest BCUT2D eigenvalue weighted by atomic mass is 10.2. The molecule has 0 saturated carbocycles. The van der Waals surface area contributed by atoms with E-state index in [0.717, 1.165) is 6.54 Å². The van der Waals surface area contributed by atoms with E-state index in [1.807, 2.05) is 0 Å². The Morgan fingerprint density at radius 3 is 2.62 bits per heavy atom. The molecular formula is C6H15NO. The van der Waals surface area contributed by atoms with Gasteiger partial charge in [-0.2, -0.15) is 0 Å². The van der Waals surface area contributed by atoms with Crippen LogP contribution in [-0.4, -0.2) is 18.4 Å². The van der Waals surface area contributed by atoms with Crippen LogP contribution >= 0.6 is 0 Å². The molecule has 0 aliphatic rings. The number of rotatable bonds is 5. The SMILES string of the molecule is CCCCCNCO. The van der Waals surface area contributed by atoms with Crippen LogP contribution in [-0.2, 0) is 0 Å². The van der Waals surface area contributed by atoms with Crippen molar-refractivity contribution in [2.75, 3.05) is 13.3 Å². The van der Waals surface area contributed by atoms with Crippen molar-refractivity contribution in [1.29, 1.82) is 0 Å². The van der Waals surface area contributed by atoms with Crippen LogP contribution in [0, 0.1) is 0 Å². The fraction of sp³-hybridized carbons (Fsp3) is 1.00. The zero-order valence-electron chi connectivity index (χ0n) is 5.48. The van der Waals surface area contributed by atoms with Gasteiger partial charge >= 0.3 is 0 Å². The number of unbranched alkanes of at least 4 members (excludes halogenated alkanes) is 2. The second-order valence-electron chi connectivity index (χ2n) is 1.87. The Bertz CT molecular complexity index is 33.5. The van der Waals surface area contributed by atoms with Crippen molar-refractivity contribution in [1.82, 2.24) is 5.32 Å². The molecule has 2 N–H and O–H groups in total. The third-order valence-electron chi connectivity index (χ3n) is 1.07. The summed E-state index contributed by atoms with van der Waals surface area (Å²) in [5.41, 5.74) is 0. The Kier molecular flexibility index (Phi) is 6.85. The number of aliphatic hydroxyl groups excluding tert-OH is 1. The van der Waals surface area contributed by atoms with Gasteiger partial charge in [0.1, 0.15) is 0 Å². The summed E-state index contributed by atoms with van der Waals surface area (Å²) in [7, 11) is 0. The number of aliphatic hydroxyl groups is 1. The van der Waals surface area contributed by atoms with Crippen LogP contribution in [0.5, 0.6) is 0 Å². The molecule has 0 spiro atoms. The first-order valence-electron chi connectivity index (χ1n) is 3.23. The molecule has 0 amide bonds. The highest BCUT2D eigenvalue weighted by molar-refractivity contribution is 4.40. The van der Waals surface area contributed by atoms with Crippen LogP contribution < -0.4 is 5.32 Å². The van der Waals surface area contributed by atoms with Crippen molar-refractivity contribution in [3.05, 3.63) is 0 Å². The molecule has 0 radical (unpaired) electrons. The minimum Gasteiger partial charge on any atom is -0.381 e. The number of nitrogens with one attached hydrogen (secondary N) is 1. The van der Waals surface area contributed by atoms with E-state index in [0.29, 0.717) is 0 Å². The molecule has 2 heteroatoms. The summed E-state index contributed by atoms with van der Waals surface area (Å²) in [4.78, 5) is 0. The molecular weight excluding hydrogens is 102 g/mol. The van der Waals surface area contributed by atoms with E-state index in [2.05, 4.69) is 12.2 Å². The third kappa shape index (κ3) is 5.92. The maximum Gasteiger partial charge on any atom is 0.0931 e. The van der Waals surface area contributed by atoms with Gasteiger partial charge in [-0.3, -0.25) is 5.32 Å². The van der Waals surface area contributed by atoms with E-state index in [1.165, 1.54) is 19.3 Å². The van der Waals surface area contributed by atoms with Crippen LogP contribution in [0.2, 0.25) is 0 Å². The zero-order valence-corrected chi connectivity index (χ0v) is 5.48. The molecule has 0 aromatic carbocycles. The predicted molar refractivity (Wildman–Crippen MR) is 34.6 cm³/mol. The lowest BCUT2D eigenvalue weighted by Gasteiger charge is -1.96. The van der Waals surface area contributed by atoms with Crippen LogP contribution in [0.1, 0.15) is 26.2 Å². The fourth-order valence-corrected chi connectivity index (χ4v) is 0.579. The van der Waals surface area contributed by atoms with Gasteiger partial charge in [-0.1, -0.05) is 19.8 Å². The Labute approximate surface area is 50.9 Å². The summed E-state index contributed by atoms with van der Waals surface area (Å²) in [5, 5.41) is 11.1. The summed E-state index contributed by atoms with van der Waals surface area (Å²) in [6.07, 6.45) is 3.68. The summed E-state index contributed by atoms with van der Waals surface area (Å²) in [6, 6.07) is 0. The van der Waals surface area contributed by atoms with Crippen molar-refractivity contribution < 1.29 is 5.11 Å². The van der Waals surface area contributed by atoms with Gasteiger partial charge in [0.15, 0.2) is 0 Å². The average molecular weight is 117 g/mol. The van der Waals surface area contributed by atoms with E-state index in [4.69, 9.17) is 5.11 Å². The van der Waals surface area contributed by atoms with Crippen molar-refractivity contribution in [3.8, 4) is 0 Å². The molecule has 0 atom stereocenters. The van der Waals surface area contributed by atoms with Crippen LogP contribution in [0.4, 0.5) is 0 Å². The fourth-order valence-electron chi connectivity index (χ4n) is 0.579. The molecule has 0 rings (SSSR count). The van der Waals surface area contributed by atoms with Gasteiger partial charge in [-0.15, -0.1) is 0 Å². The van der Waals surface area contributed by atoms with E-state index >= 15 is 0 Å². The maximum absolute atomic E-state index is 8.25. The molecule has 0 fully saturated rings. The Morgan fingerprint density at radius 1 is 1.38 bits per heavy atom. The second kappa shape index (κ2) is 6.92. The van der Waals surface area contributed by atoms with Gasteiger partial charge in [0.05, 0.1) is 6.73 Å². The van der Waals surface area contributed by atoms with Crippen molar-refractivity contribution in [3.63, 3.8) is 0 Å². The molecule has 0 aromatic rings. The standard InChI is InChI=1S/C6H15NO/c1-2-3-4-5-7-6-8/h7-8H,2-6H2,1H3. The van der Waals surface area contributed by atoms with Gasteiger partial charge in [0, 0.05) is 0 Å². The minimum absolute atomic E-state index is 0.115. The van der Waals surface area contributed by atoms with Crippen molar-refractivity contribution >= 4 is 0 Å². The first-order valence-corrected chi connectivity index (χ1v) is 3.23. The molecule has 0 unspecified atom stereocenters. The Hall–Kier alpha value is -0.0800. The predicted octanol–water partition coefficient (Wildman–Crippen LogP) is 0.716. The summed E-state index contributed by atoms with van der Waals surface area (Å²) >= 11 is 0. The van der Waals surface area contributed by atoms with E-state index < -0.39 is 0 Å². The highest BCUT2D eigenvalue weighted by atomic mass is 16.3. The first kappa shape index (κ1) is 7.92. The lowest BCUT2D eigenvalue weighted by Crippen LogP contribution is -2.15. The molecule has 0 saturated heterocycles. The van der Waals surface area contributed by atoms with Gasteiger partial charge in [-0.25, -0.2) is 0 Å². The van der Waals surface area contributed by atoms with Gasteiger partial charge in [-0.05, 0) is 13.0 Å². The smallest absolute Gasteiger partial charge is 0.0931 e. The number of hydrogen-bond acceptors (Lipinski definition) is 2. The number of hydrogen-bond donors (Lipinski definition) is 2. The van der Waals surface area contributed by atoms with E-state index in [-0.39, 0.29) is 6.73 Å². The summed E-state index contributed by atoms with van der Waals surface area (Å²) in [6.45, 7) is 3.23. The quantitative estimate of drug-likeness (QED) is 0.410. The van der Waals surface area contributed by atoms with Crippen LogP contribution in [0.15, 0.2) is 0 Å². The van der Waals surface area contributed by atoms with Crippen molar-refractivity contribution in [2.24, 2.45) is 0 Å². The second-order valence-corrected chi connectivity index (χ2v) is 1.87. The molecule has 0 aliphatic heterocycles. The van der Waals surface area contributed by atoms with Crippen molar-refractivity contribution in [2.45, 2.75) is 26.2 Å². The molecule has 0 aromatic heterocycles. The molecule has 0 aliphatic carbocycles. The Morgan fingerprint density at radius 2 is 2.12 bits per heavy atom. The van der Waals surface area contributed by atoms with Gasteiger partial charge in [0.2, 0.25) is 0 Å². The Balaban J connectivity index is 2.53. The zero-order chi connectivity index (χ0) is 6.24. The van der Waals surface area contributed by atoms with Gasteiger partial charge in [0.25, 0.3) is 0 Å². The highest BCUT2D eigenvalue weighted by Crippen LogP contribution is 1.89. The average Bonchev–Trinajstić information content (AvgIpc) is 1.81. The van der Waals surface area contributed by atoms with E-state index in [9.17, 15) is 0 Å². The lowest BCUT2D eigenvalue weighted by molar-refractivity contribution is 0.260. The molecule has 2 nitrogen and oxygen atoms in total. The first-order chi connectivity index (χ1) is 3.91. The molecule has 0 heterocycles. The topological polar surface area (TPSA) is 32.3 Å². The third-order valence-corrected chi connectivity index (χ3v) is 1.07. The molecule has 50 valence electrons. The van der Waals surface area contributed by atoms with Gasteiger partial charge < -0.3 is 5.11 Å². The highest BCUT2D eigenvalue weighted by Gasteiger charge is 1.81. The summed E-state index contributed by atoms with van der Waals surface area (Å²) in [5.74, 6) is 0. The monoisotopic (exact) mass is 117 g/mol. The normalized spacial score (nSPS) is 9.75.